The Balaban J connectivity index is 4.98. The molecule has 0 N–H and O–H groups in total. The van der Waals surface area contributed by atoms with Gasteiger partial charge in [-0.25, -0.2) is 0 Å². The molecule has 1 atom stereocenters. The van der Waals surface area contributed by atoms with Crippen LogP contribution in [0.2, 0.25) is 0 Å². The summed E-state index contributed by atoms with van der Waals surface area (Å²) in [6.45, 7) is 3.38. The van der Waals surface area contributed by atoms with Gasteiger partial charge < -0.3 is 0 Å². The largest absolute Gasteiger partial charge is 0.402 e. The Morgan fingerprint density at radius 1 is 0.938 bits per heavy atom. The van der Waals surface area contributed by atoms with E-state index < -0.39 is 30.1 Å². The maximum atomic E-state index is 12.5. The summed E-state index contributed by atoms with van der Waals surface area (Å²) in [6, 6.07) is 0. The van der Waals surface area contributed by atoms with Gasteiger partial charge in [0.05, 0.1) is 0 Å². The van der Waals surface area contributed by atoms with Crippen molar-refractivity contribution in [3.63, 3.8) is 0 Å². The fraction of sp³-hybridized carbons (Fsp3) is 1.00. The highest BCUT2D eigenvalue weighted by atomic mass is 19.4. The van der Waals surface area contributed by atoms with Gasteiger partial charge in [0.15, 0.2) is 5.41 Å². The van der Waals surface area contributed by atoms with Crippen molar-refractivity contribution in [2.45, 2.75) is 52.4 Å². The fourth-order valence-corrected chi connectivity index (χ4v) is 1.68. The molecule has 0 radical (unpaired) electrons. The predicted octanol–water partition coefficient (Wildman–Crippen LogP) is 4.94. The average molecular weight is 250 g/mol. The second-order valence-corrected chi connectivity index (χ2v) is 4.43. The maximum Gasteiger partial charge on any atom is 0.402 e. The van der Waals surface area contributed by atoms with E-state index in [0.717, 1.165) is 0 Å². The van der Waals surface area contributed by atoms with Crippen molar-refractivity contribution >= 4 is 0 Å². The molecule has 0 saturated heterocycles. The number of alkyl halides is 6. The summed E-state index contributed by atoms with van der Waals surface area (Å²) in [6.07, 6.45) is -10.5. The van der Waals surface area contributed by atoms with Gasteiger partial charge >= 0.3 is 12.4 Å². The summed E-state index contributed by atoms with van der Waals surface area (Å²) >= 11 is 0. The van der Waals surface area contributed by atoms with E-state index in [1.807, 2.05) is 0 Å². The predicted molar refractivity (Wildman–Crippen MR) is 48.9 cm³/mol. The lowest BCUT2D eigenvalue weighted by Crippen LogP contribution is -2.48. The van der Waals surface area contributed by atoms with Gasteiger partial charge in [-0.05, 0) is 19.3 Å². The van der Waals surface area contributed by atoms with Crippen LogP contribution in [0.5, 0.6) is 0 Å². The van der Waals surface area contributed by atoms with Crippen LogP contribution in [0.4, 0.5) is 26.3 Å². The second kappa shape index (κ2) is 4.84. The summed E-state index contributed by atoms with van der Waals surface area (Å²) in [7, 11) is 0. The molecule has 0 aliphatic carbocycles. The lowest BCUT2D eigenvalue weighted by molar-refractivity contribution is -0.339. The summed E-state index contributed by atoms with van der Waals surface area (Å²) in [4.78, 5) is 0. The molecule has 0 aliphatic rings. The van der Waals surface area contributed by atoms with E-state index in [4.69, 9.17) is 0 Å². The van der Waals surface area contributed by atoms with E-state index >= 15 is 0 Å². The summed E-state index contributed by atoms with van der Waals surface area (Å²) in [5.74, 6) is -0.599. The van der Waals surface area contributed by atoms with Crippen molar-refractivity contribution < 1.29 is 26.3 Å². The third-order valence-electron chi connectivity index (χ3n) is 2.79. The van der Waals surface area contributed by atoms with Gasteiger partial charge in [0, 0.05) is 0 Å². The quantitative estimate of drug-likeness (QED) is 0.620. The van der Waals surface area contributed by atoms with Crippen LogP contribution in [0, 0.1) is 11.3 Å². The molecule has 0 aromatic rings. The minimum absolute atomic E-state index is 0.235. The van der Waals surface area contributed by atoms with Gasteiger partial charge in [-0.2, -0.15) is 26.3 Å². The van der Waals surface area contributed by atoms with Crippen molar-refractivity contribution in [3.8, 4) is 0 Å². The molecule has 0 fully saturated rings. The average Bonchev–Trinajstić information content (AvgIpc) is 1.99. The molecule has 98 valence electrons. The van der Waals surface area contributed by atoms with Crippen molar-refractivity contribution in [2.75, 3.05) is 0 Å². The highest BCUT2D eigenvalue weighted by Crippen LogP contribution is 2.53. The first kappa shape index (κ1) is 15.6. The van der Waals surface area contributed by atoms with E-state index in [-0.39, 0.29) is 6.92 Å². The van der Waals surface area contributed by atoms with Crippen molar-refractivity contribution in [1.29, 1.82) is 0 Å². The SMILES string of the molecule is CCCC(C)CC(C)(C(F)(F)F)C(F)(F)F. The van der Waals surface area contributed by atoms with Gasteiger partial charge in [-0.1, -0.05) is 26.7 Å². The first-order valence-corrected chi connectivity index (χ1v) is 5.09. The van der Waals surface area contributed by atoms with Crippen LogP contribution < -0.4 is 0 Å². The smallest absolute Gasteiger partial charge is 0.170 e. The lowest BCUT2D eigenvalue weighted by Gasteiger charge is -2.35. The highest BCUT2D eigenvalue weighted by molar-refractivity contribution is 4.90. The number of halogens is 6. The molecule has 0 bridgehead atoms. The van der Waals surface area contributed by atoms with Crippen molar-refractivity contribution in [2.24, 2.45) is 11.3 Å². The molecular weight excluding hydrogens is 234 g/mol. The van der Waals surface area contributed by atoms with E-state index in [1.54, 1.807) is 6.92 Å². The molecule has 0 nitrogen and oxygen atoms in total. The van der Waals surface area contributed by atoms with Crippen LogP contribution >= 0.6 is 0 Å². The van der Waals surface area contributed by atoms with Crippen LogP contribution in [0.15, 0.2) is 0 Å². The normalized spacial score (nSPS) is 16.3. The second-order valence-electron chi connectivity index (χ2n) is 4.43. The number of hydrogen-bond acceptors (Lipinski definition) is 0. The van der Waals surface area contributed by atoms with Gasteiger partial charge in [-0.3, -0.25) is 0 Å². The molecule has 0 aromatic heterocycles. The fourth-order valence-electron chi connectivity index (χ4n) is 1.68. The van der Waals surface area contributed by atoms with Crippen LogP contribution in [0.1, 0.15) is 40.0 Å². The van der Waals surface area contributed by atoms with Crippen LogP contribution in [0.25, 0.3) is 0 Å². The molecule has 0 saturated carbocycles. The minimum Gasteiger partial charge on any atom is -0.170 e. The zero-order valence-corrected chi connectivity index (χ0v) is 9.47. The number of rotatable bonds is 4. The Kier molecular flexibility index (Phi) is 4.71. The van der Waals surface area contributed by atoms with E-state index in [9.17, 15) is 26.3 Å². The van der Waals surface area contributed by atoms with Crippen LogP contribution in [-0.4, -0.2) is 12.4 Å². The maximum absolute atomic E-state index is 12.5. The zero-order valence-electron chi connectivity index (χ0n) is 9.47. The molecule has 0 rings (SSSR count). The topological polar surface area (TPSA) is 0 Å². The zero-order chi connectivity index (χ0) is 13.2. The Morgan fingerprint density at radius 3 is 1.56 bits per heavy atom. The highest BCUT2D eigenvalue weighted by Gasteiger charge is 2.67. The van der Waals surface area contributed by atoms with Gasteiger partial charge in [0.1, 0.15) is 0 Å². The van der Waals surface area contributed by atoms with E-state index in [1.165, 1.54) is 6.92 Å². The van der Waals surface area contributed by atoms with Gasteiger partial charge in [0.2, 0.25) is 0 Å². The third kappa shape index (κ3) is 3.28. The first-order valence-electron chi connectivity index (χ1n) is 5.09. The minimum atomic E-state index is -5.26. The molecule has 16 heavy (non-hydrogen) atoms. The molecule has 1 unspecified atom stereocenters. The molecule has 0 spiro atoms. The van der Waals surface area contributed by atoms with E-state index in [0.29, 0.717) is 12.8 Å². The van der Waals surface area contributed by atoms with Crippen LogP contribution in [-0.2, 0) is 0 Å². The molecule has 0 aromatic carbocycles. The monoisotopic (exact) mass is 250 g/mol. The third-order valence-corrected chi connectivity index (χ3v) is 2.79. The molecule has 0 amide bonds. The summed E-state index contributed by atoms with van der Waals surface area (Å²) in [5.41, 5.74) is -3.60. The van der Waals surface area contributed by atoms with Gasteiger partial charge in [0.25, 0.3) is 0 Å². The molecule has 0 aliphatic heterocycles. The molecular formula is C10H16F6. The van der Waals surface area contributed by atoms with Crippen molar-refractivity contribution in [1.82, 2.24) is 0 Å². The Hall–Kier alpha value is -0.420. The van der Waals surface area contributed by atoms with Crippen LogP contribution in [0.3, 0.4) is 0 Å². The standard InChI is InChI=1S/C10H16F6/c1-4-5-7(2)6-8(3,9(11,12)13)10(14,15)16/h7H,4-6H2,1-3H3. The first-order chi connectivity index (χ1) is 6.95. The Labute approximate surface area is 91.0 Å². The van der Waals surface area contributed by atoms with Gasteiger partial charge in [-0.15, -0.1) is 0 Å². The van der Waals surface area contributed by atoms with E-state index in [2.05, 4.69) is 0 Å². The Bertz CT molecular complexity index is 200. The summed E-state index contributed by atoms with van der Waals surface area (Å²) in [5, 5.41) is 0. The molecule has 6 heteroatoms. The number of hydrogen-bond donors (Lipinski definition) is 0. The summed E-state index contributed by atoms with van der Waals surface area (Å²) < 4.78 is 74.9. The molecule has 0 heterocycles. The van der Waals surface area contributed by atoms with Crippen molar-refractivity contribution in [3.05, 3.63) is 0 Å². The Morgan fingerprint density at radius 2 is 1.31 bits per heavy atom. The lowest BCUT2D eigenvalue weighted by atomic mass is 9.79.